The fourth-order valence-electron chi connectivity index (χ4n) is 1.51. The molecule has 9 heteroatoms. The average molecular weight is 307 g/mol. The van der Waals surface area contributed by atoms with E-state index < -0.39 is 47.0 Å². The number of aromatic nitrogens is 1. The summed E-state index contributed by atoms with van der Waals surface area (Å²) < 4.78 is 42.3. The summed E-state index contributed by atoms with van der Waals surface area (Å²) in [7, 11) is 1.05. The van der Waals surface area contributed by atoms with Gasteiger partial charge in [0.2, 0.25) is 0 Å². The van der Waals surface area contributed by atoms with Crippen LogP contribution in [0.1, 0.15) is 23.0 Å². The number of carbonyl (C=O) groups excluding carboxylic acids is 1. The highest BCUT2D eigenvalue weighted by atomic mass is 19.4. The second-order valence-electron chi connectivity index (χ2n) is 4.21. The first kappa shape index (κ1) is 16.9. The number of aliphatic hydroxyl groups excluding tert-OH is 1. The van der Waals surface area contributed by atoms with Crippen molar-refractivity contribution in [2.24, 2.45) is 5.92 Å². The Morgan fingerprint density at radius 3 is 2.38 bits per heavy atom. The first-order valence-corrected chi connectivity index (χ1v) is 5.66. The number of ether oxygens (including phenoxy) is 1. The molecule has 0 aliphatic rings. The van der Waals surface area contributed by atoms with Gasteiger partial charge in [-0.3, -0.25) is 4.79 Å². The summed E-state index contributed by atoms with van der Waals surface area (Å²) in [5.41, 5.74) is -1.58. The molecule has 2 unspecified atom stereocenters. The lowest BCUT2D eigenvalue weighted by Crippen LogP contribution is -2.33. The van der Waals surface area contributed by atoms with Crippen molar-refractivity contribution in [2.45, 2.75) is 19.2 Å². The molecule has 0 bridgehead atoms. The molecule has 0 amide bonds. The minimum Gasteiger partial charge on any atom is -0.494 e. The summed E-state index contributed by atoms with van der Waals surface area (Å²) in [6.07, 6.45) is -6.21. The van der Waals surface area contributed by atoms with Crippen molar-refractivity contribution in [3.63, 3.8) is 0 Å². The Morgan fingerprint density at radius 1 is 1.38 bits per heavy atom. The van der Waals surface area contributed by atoms with Crippen LogP contribution in [-0.4, -0.2) is 40.2 Å². The standard InChI is InChI=1S/C12H12F3NO5/c1-5(10(18)11(19)20)9(17)8-7(21-2)3-6(4-16-8)12(13,14)15/h3-5,10,18H,1-2H3,(H,19,20). The van der Waals surface area contributed by atoms with E-state index in [1.165, 1.54) is 0 Å². The zero-order chi connectivity index (χ0) is 16.4. The number of nitrogens with zero attached hydrogens (tertiary/aromatic N) is 1. The summed E-state index contributed by atoms with van der Waals surface area (Å²) in [5.74, 6) is -4.39. The van der Waals surface area contributed by atoms with E-state index in [0.717, 1.165) is 14.0 Å². The third-order valence-corrected chi connectivity index (χ3v) is 2.77. The van der Waals surface area contributed by atoms with E-state index in [2.05, 4.69) is 9.72 Å². The van der Waals surface area contributed by atoms with Crippen LogP contribution in [0.4, 0.5) is 13.2 Å². The Bertz CT molecular complexity index is 558. The van der Waals surface area contributed by atoms with Gasteiger partial charge in [0.25, 0.3) is 0 Å². The number of pyridine rings is 1. The van der Waals surface area contributed by atoms with Gasteiger partial charge >= 0.3 is 12.1 Å². The van der Waals surface area contributed by atoms with E-state index in [9.17, 15) is 27.9 Å². The van der Waals surface area contributed by atoms with Gasteiger partial charge in [0.05, 0.1) is 18.6 Å². The number of aliphatic hydroxyl groups is 1. The number of ketones is 1. The molecule has 2 N–H and O–H groups in total. The smallest absolute Gasteiger partial charge is 0.418 e. The minimum absolute atomic E-state index is 0.440. The zero-order valence-corrected chi connectivity index (χ0v) is 11.0. The minimum atomic E-state index is -4.66. The lowest BCUT2D eigenvalue weighted by atomic mass is 9.96. The quantitative estimate of drug-likeness (QED) is 0.798. The number of carboxylic acid groups (broad SMARTS) is 1. The van der Waals surface area contributed by atoms with E-state index in [4.69, 9.17) is 5.11 Å². The topological polar surface area (TPSA) is 96.7 Å². The fourth-order valence-corrected chi connectivity index (χ4v) is 1.51. The first-order valence-electron chi connectivity index (χ1n) is 5.66. The maximum atomic E-state index is 12.5. The van der Waals surface area contributed by atoms with Gasteiger partial charge in [0.15, 0.2) is 11.9 Å². The molecule has 0 aliphatic heterocycles. The molecule has 0 radical (unpaired) electrons. The Morgan fingerprint density at radius 2 is 1.95 bits per heavy atom. The van der Waals surface area contributed by atoms with Crippen LogP contribution < -0.4 is 4.74 Å². The van der Waals surface area contributed by atoms with Crippen LogP contribution >= 0.6 is 0 Å². The van der Waals surface area contributed by atoms with Crippen LogP contribution in [0.15, 0.2) is 12.3 Å². The predicted molar refractivity (Wildman–Crippen MR) is 62.9 cm³/mol. The molecule has 116 valence electrons. The molecule has 0 saturated carbocycles. The van der Waals surface area contributed by atoms with Crippen LogP contribution in [0.2, 0.25) is 0 Å². The van der Waals surface area contributed by atoms with Crippen molar-refractivity contribution in [3.8, 4) is 5.75 Å². The Labute approximate surface area is 117 Å². The molecular weight excluding hydrogens is 295 g/mol. The SMILES string of the molecule is COc1cc(C(F)(F)F)cnc1C(=O)C(C)C(O)C(=O)O. The second kappa shape index (κ2) is 6.08. The van der Waals surface area contributed by atoms with Crippen LogP contribution in [0.3, 0.4) is 0 Å². The molecule has 0 aliphatic carbocycles. The number of halogens is 3. The molecule has 6 nitrogen and oxygen atoms in total. The van der Waals surface area contributed by atoms with E-state index in [1.54, 1.807) is 0 Å². The zero-order valence-electron chi connectivity index (χ0n) is 11.0. The molecule has 0 aromatic carbocycles. The van der Waals surface area contributed by atoms with Gasteiger partial charge < -0.3 is 14.9 Å². The number of Topliss-reactive ketones (excluding diaryl/α,β-unsaturated/α-hetero) is 1. The highest BCUT2D eigenvalue weighted by Crippen LogP contribution is 2.32. The third kappa shape index (κ3) is 3.69. The van der Waals surface area contributed by atoms with Gasteiger partial charge in [-0.25, -0.2) is 9.78 Å². The van der Waals surface area contributed by atoms with Crippen molar-refractivity contribution in [2.75, 3.05) is 7.11 Å². The summed E-state index contributed by atoms with van der Waals surface area (Å²) in [6.45, 7) is 1.12. The van der Waals surface area contributed by atoms with Crippen molar-refractivity contribution in [1.29, 1.82) is 0 Å². The van der Waals surface area contributed by atoms with Gasteiger partial charge in [-0.15, -0.1) is 0 Å². The number of hydrogen-bond donors (Lipinski definition) is 2. The van der Waals surface area contributed by atoms with E-state index in [0.29, 0.717) is 12.3 Å². The number of hydrogen-bond acceptors (Lipinski definition) is 5. The maximum Gasteiger partial charge on any atom is 0.418 e. The van der Waals surface area contributed by atoms with Crippen molar-refractivity contribution >= 4 is 11.8 Å². The highest BCUT2D eigenvalue weighted by Gasteiger charge is 2.35. The highest BCUT2D eigenvalue weighted by molar-refractivity contribution is 6.00. The van der Waals surface area contributed by atoms with Gasteiger partial charge in [-0.1, -0.05) is 6.92 Å². The predicted octanol–water partition coefficient (Wildman–Crippen LogP) is 1.37. The lowest BCUT2D eigenvalue weighted by molar-refractivity contribution is -0.148. The van der Waals surface area contributed by atoms with Crippen molar-refractivity contribution < 1.29 is 37.7 Å². The Hall–Kier alpha value is -2.16. The molecule has 0 fully saturated rings. The molecule has 0 saturated heterocycles. The van der Waals surface area contributed by atoms with Crippen LogP contribution in [0.5, 0.6) is 5.75 Å². The lowest BCUT2D eigenvalue weighted by Gasteiger charge is -2.16. The number of rotatable bonds is 5. The molecule has 1 heterocycles. The normalized spacial score (nSPS) is 14.4. The fraction of sp³-hybridized carbons (Fsp3) is 0.417. The van der Waals surface area contributed by atoms with Gasteiger partial charge in [0.1, 0.15) is 11.4 Å². The van der Waals surface area contributed by atoms with Gasteiger partial charge in [0, 0.05) is 6.20 Å². The molecule has 1 aromatic rings. The molecule has 0 spiro atoms. The third-order valence-electron chi connectivity index (χ3n) is 2.77. The Balaban J connectivity index is 3.19. The molecule has 1 aromatic heterocycles. The van der Waals surface area contributed by atoms with Crippen LogP contribution in [0, 0.1) is 5.92 Å². The maximum absolute atomic E-state index is 12.5. The largest absolute Gasteiger partial charge is 0.494 e. The summed E-state index contributed by atoms with van der Waals surface area (Å²) >= 11 is 0. The van der Waals surface area contributed by atoms with Crippen molar-refractivity contribution in [3.05, 3.63) is 23.5 Å². The number of aliphatic carboxylic acids is 1. The number of carboxylic acids is 1. The Kier molecular flexibility index (Phi) is 4.89. The van der Waals surface area contributed by atoms with E-state index in [-0.39, 0.29) is 0 Å². The average Bonchev–Trinajstić information content (AvgIpc) is 2.42. The number of carbonyl (C=O) groups is 2. The first-order chi connectivity index (χ1) is 9.59. The molecular formula is C12H12F3NO5. The van der Waals surface area contributed by atoms with Gasteiger partial charge in [-0.2, -0.15) is 13.2 Å². The van der Waals surface area contributed by atoms with Crippen LogP contribution in [0.25, 0.3) is 0 Å². The molecule has 1 rings (SSSR count). The van der Waals surface area contributed by atoms with Crippen LogP contribution in [-0.2, 0) is 11.0 Å². The summed E-state index contributed by atoms with van der Waals surface area (Å²) in [5, 5.41) is 17.9. The number of alkyl halides is 3. The second-order valence-corrected chi connectivity index (χ2v) is 4.21. The summed E-state index contributed by atoms with van der Waals surface area (Å²) in [4.78, 5) is 26.0. The van der Waals surface area contributed by atoms with Gasteiger partial charge in [-0.05, 0) is 6.07 Å². The summed E-state index contributed by atoms with van der Waals surface area (Å²) in [6, 6.07) is 0.583. The van der Waals surface area contributed by atoms with E-state index in [1.807, 2.05) is 0 Å². The van der Waals surface area contributed by atoms with Crippen molar-refractivity contribution in [1.82, 2.24) is 4.98 Å². The number of methoxy groups -OCH3 is 1. The molecule has 21 heavy (non-hydrogen) atoms. The van der Waals surface area contributed by atoms with E-state index >= 15 is 0 Å². The molecule has 2 atom stereocenters. The monoisotopic (exact) mass is 307 g/mol.